The third-order valence-corrected chi connectivity index (χ3v) is 4.52. The first-order chi connectivity index (χ1) is 9.69. The molecule has 1 aromatic heterocycles. The first-order valence-corrected chi connectivity index (χ1v) is 7.42. The van der Waals surface area contributed by atoms with E-state index in [0.717, 1.165) is 32.4 Å². The monoisotopic (exact) mass is 277 g/mol. The lowest BCUT2D eigenvalue weighted by molar-refractivity contribution is -0.132. The third-order valence-electron chi connectivity index (χ3n) is 4.52. The zero-order valence-electron chi connectivity index (χ0n) is 11.6. The minimum Gasteiger partial charge on any atom is -0.372 e. The van der Waals surface area contributed by atoms with Gasteiger partial charge in [0, 0.05) is 24.9 Å². The van der Waals surface area contributed by atoms with Crippen molar-refractivity contribution in [1.82, 2.24) is 15.0 Å². The molecule has 108 valence electrons. The van der Waals surface area contributed by atoms with Gasteiger partial charge in [-0.15, -0.1) is 0 Å². The van der Waals surface area contributed by atoms with Crippen LogP contribution in [0.3, 0.4) is 0 Å². The third kappa shape index (κ3) is 2.22. The Labute approximate surface area is 117 Å². The Balaban J connectivity index is 1.33. The predicted molar refractivity (Wildman–Crippen MR) is 68.8 cm³/mol. The van der Waals surface area contributed by atoms with Gasteiger partial charge >= 0.3 is 0 Å². The fourth-order valence-corrected chi connectivity index (χ4v) is 3.38. The summed E-state index contributed by atoms with van der Waals surface area (Å²) in [4.78, 5) is 18.3. The molecular weight excluding hydrogens is 258 g/mol. The summed E-state index contributed by atoms with van der Waals surface area (Å²) in [6.07, 6.45) is 4.18. The minimum absolute atomic E-state index is 0.156. The number of aromatic nitrogens is 2. The second-order valence-electron chi connectivity index (χ2n) is 6.25. The Kier molecular flexibility index (Phi) is 2.80. The second-order valence-corrected chi connectivity index (χ2v) is 6.25. The van der Waals surface area contributed by atoms with Crippen LogP contribution in [-0.4, -0.2) is 46.2 Å². The lowest BCUT2D eigenvalue weighted by Crippen LogP contribution is -2.32. The maximum atomic E-state index is 12.1. The molecule has 6 heteroatoms. The quantitative estimate of drug-likeness (QED) is 0.822. The summed E-state index contributed by atoms with van der Waals surface area (Å²) >= 11 is 0. The van der Waals surface area contributed by atoms with E-state index in [1.54, 1.807) is 0 Å². The summed E-state index contributed by atoms with van der Waals surface area (Å²) in [6, 6.07) is 0. The zero-order chi connectivity index (χ0) is 13.7. The largest absolute Gasteiger partial charge is 0.372 e. The molecule has 2 saturated heterocycles. The molecule has 0 radical (unpaired) electrons. The Morgan fingerprint density at radius 3 is 2.90 bits per heavy atom. The lowest BCUT2D eigenvalue weighted by atomic mass is 10.0. The minimum atomic E-state index is 0.156. The van der Waals surface area contributed by atoms with Crippen molar-refractivity contribution >= 4 is 5.91 Å². The molecule has 3 aliphatic rings. The molecule has 4 rings (SSSR count). The summed E-state index contributed by atoms with van der Waals surface area (Å²) < 4.78 is 11.2. The van der Waals surface area contributed by atoms with E-state index in [4.69, 9.17) is 9.26 Å². The number of fused-ring (bicyclic) bond motifs is 1. The number of rotatable bonds is 3. The molecule has 0 unspecified atom stereocenters. The second kappa shape index (κ2) is 4.55. The Bertz CT molecular complexity index is 511. The van der Waals surface area contributed by atoms with Gasteiger partial charge in [0.15, 0.2) is 5.82 Å². The lowest BCUT2D eigenvalue weighted by Gasteiger charge is -2.18. The van der Waals surface area contributed by atoms with Gasteiger partial charge in [0.2, 0.25) is 11.8 Å². The normalized spacial score (nSPS) is 32.6. The fraction of sp³-hybridized carbons (Fsp3) is 0.786. The summed E-state index contributed by atoms with van der Waals surface area (Å²) in [5.74, 6) is 2.45. The van der Waals surface area contributed by atoms with Crippen molar-refractivity contribution in [2.45, 2.75) is 44.8 Å². The molecule has 0 aromatic carbocycles. The van der Waals surface area contributed by atoms with E-state index >= 15 is 0 Å². The van der Waals surface area contributed by atoms with Crippen LogP contribution < -0.4 is 0 Å². The van der Waals surface area contributed by atoms with Gasteiger partial charge in [-0.3, -0.25) is 4.79 Å². The van der Waals surface area contributed by atoms with Crippen molar-refractivity contribution in [3.05, 3.63) is 11.7 Å². The highest BCUT2D eigenvalue weighted by atomic mass is 16.5. The van der Waals surface area contributed by atoms with Crippen molar-refractivity contribution in [3.8, 4) is 0 Å². The number of amides is 1. The van der Waals surface area contributed by atoms with Gasteiger partial charge in [0.05, 0.1) is 18.6 Å². The van der Waals surface area contributed by atoms with E-state index in [1.807, 2.05) is 11.8 Å². The average Bonchev–Trinajstić information content (AvgIpc) is 2.92. The summed E-state index contributed by atoms with van der Waals surface area (Å²) in [5, 5.41) is 3.80. The molecule has 20 heavy (non-hydrogen) atoms. The van der Waals surface area contributed by atoms with Crippen LogP contribution in [0.25, 0.3) is 0 Å². The SMILES string of the molecule is Cc1noc(C[C@H]2C[C@H]3CN(C(=O)C4CC4)C[C@H]3O2)n1. The molecule has 1 saturated carbocycles. The van der Waals surface area contributed by atoms with E-state index < -0.39 is 0 Å². The molecule has 3 atom stereocenters. The molecule has 3 heterocycles. The first-order valence-electron chi connectivity index (χ1n) is 7.42. The van der Waals surface area contributed by atoms with Gasteiger partial charge in [-0.25, -0.2) is 0 Å². The first kappa shape index (κ1) is 12.3. The molecule has 0 N–H and O–H groups in total. The van der Waals surface area contributed by atoms with Crippen LogP contribution in [0.1, 0.15) is 31.0 Å². The molecule has 2 aliphatic heterocycles. The highest BCUT2D eigenvalue weighted by Gasteiger charge is 2.46. The molecule has 0 spiro atoms. The van der Waals surface area contributed by atoms with E-state index in [-0.39, 0.29) is 12.2 Å². The van der Waals surface area contributed by atoms with Crippen LogP contribution in [0.5, 0.6) is 0 Å². The maximum Gasteiger partial charge on any atom is 0.229 e. The van der Waals surface area contributed by atoms with Crippen LogP contribution in [0.2, 0.25) is 0 Å². The zero-order valence-corrected chi connectivity index (χ0v) is 11.6. The van der Waals surface area contributed by atoms with Gasteiger partial charge in [-0.2, -0.15) is 4.98 Å². The van der Waals surface area contributed by atoms with Gasteiger partial charge in [0.1, 0.15) is 0 Å². The summed E-state index contributed by atoms with van der Waals surface area (Å²) in [7, 11) is 0. The van der Waals surface area contributed by atoms with Crippen molar-refractivity contribution in [2.75, 3.05) is 13.1 Å². The van der Waals surface area contributed by atoms with E-state index in [0.29, 0.717) is 35.9 Å². The Morgan fingerprint density at radius 2 is 2.25 bits per heavy atom. The van der Waals surface area contributed by atoms with Crippen LogP contribution >= 0.6 is 0 Å². The van der Waals surface area contributed by atoms with Crippen LogP contribution in [0.4, 0.5) is 0 Å². The molecule has 1 amide bonds. The standard InChI is InChI=1S/C14H19N3O3/c1-8-15-13(20-16-8)5-11-4-10-6-17(7-12(10)19-11)14(18)9-2-3-9/h9-12H,2-7H2,1H3/t10-,11+,12+/m0/s1. The van der Waals surface area contributed by atoms with E-state index in [9.17, 15) is 4.79 Å². The number of ether oxygens (including phenoxy) is 1. The number of hydrogen-bond donors (Lipinski definition) is 0. The van der Waals surface area contributed by atoms with E-state index in [2.05, 4.69) is 10.1 Å². The maximum absolute atomic E-state index is 12.1. The summed E-state index contributed by atoms with van der Waals surface area (Å²) in [5.41, 5.74) is 0. The smallest absolute Gasteiger partial charge is 0.229 e. The highest BCUT2D eigenvalue weighted by molar-refractivity contribution is 5.81. The molecule has 3 fully saturated rings. The molecule has 1 aliphatic carbocycles. The van der Waals surface area contributed by atoms with Gasteiger partial charge < -0.3 is 14.2 Å². The molecule has 0 bridgehead atoms. The molecular formula is C14H19N3O3. The van der Waals surface area contributed by atoms with E-state index in [1.165, 1.54) is 0 Å². The van der Waals surface area contributed by atoms with Crippen molar-refractivity contribution < 1.29 is 14.1 Å². The van der Waals surface area contributed by atoms with Crippen molar-refractivity contribution in [2.24, 2.45) is 11.8 Å². The van der Waals surface area contributed by atoms with Gasteiger partial charge in [-0.1, -0.05) is 5.16 Å². The Morgan fingerprint density at radius 1 is 1.40 bits per heavy atom. The summed E-state index contributed by atoms with van der Waals surface area (Å²) in [6.45, 7) is 3.44. The average molecular weight is 277 g/mol. The number of aryl methyl sites for hydroxylation is 1. The number of likely N-dealkylation sites (tertiary alicyclic amines) is 1. The number of hydrogen-bond acceptors (Lipinski definition) is 5. The molecule has 1 aromatic rings. The highest BCUT2D eigenvalue weighted by Crippen LogP contribution is 2.38. The topological polar surface area (TPSA) is 68.5 Å². The molecule has 6 nitrogen and oxygen atoms in total. The van der Waals surface area contributed by atoms with Crippen molar-refractivity contribution in [1.29, 1.82) is 0 Å². The van der Waals surface area contributed by atoms with Crippen LogP contribution in [-0.2, 0) is 16.0 Å². The Hall–Kier alpha value is -1.43. The van der Waals surface area contributed by atoms with Crippen LogP contribution in [0.15, 0.2) is 4.52 Å². The van der Waals surface area contributed by atoms with Crippen molar-refractivity contribution in [3.63, 3.8) is 0 Å². The fourth-order valence-electron chi connectivity index (χ4n) is 3.38. The van der Waals surface area contributed by atoms with Gasteiger partial charge in [-0.05, 0) is 26.2 Å². The predicted octanol–water partition coefficient (Wildman–Crippen LogP) is 0.946. The van der Waals surface area contributed by atoms with Crippen LogP contribution in [0, 0.1) is 18.8 Å². The van der Waals surface area contributed by atoms with Gasteiger partial charge in [0.25, 0.3) is 0 Å². The number of nitrogens with zero attached hydrogens (tertiary/aromatic N) is 3. The number of carbonyl (C=O) groups is 1. The number of carbonyl (C=O) groups excluding carboxylic acids is 1.